The molecule has 2 N–H and O–H groups in total. The largest absolute Gasteiger partial charge is 0.495 e. The first kappa shape index (κ1) is 10.8. The highest BCUT2D eigenvalue weighted by Gasteiger charge is 2.32. The van der Waals surface area contributed by atoms with Crippen molar-refractivity contribution in [1.82, 2.24) is 4.98 Å². The van der Waals surface area contributed by atoms with Crippen molar-refractivity contribution in [1.29, 1.82) is 0 Å². The smallest absolute Gasteiger partial charge is 0.260 e. The Kier molecular flexibility index (Phi) is 3.00. The van der Waals surface area contributed by atoms with Crippen molar-refractivity contribution in [2.45, 2.75) is 18.9 Å². The molecule has 3 nitrogen and oxygen atoms in total. The highest BCUT2D eigenvalue weighted by Crippen LogP contribution is 2.26. The standard InChI is InChI=1S/C9H12F2N2O/c1-9(12,8(10)11)6-3-7(14-2)5-13-4-6/h3-5,8H,12H2,1-2H3. The van der Waals surface area contributed by atoms with Gasteiger partial charge in [-0.25, -0.2) is 8.78 Å². The zero-order valence-corrected chi connectivity index (χ0v) is 8.00. The van der Waals surface area contributed by atoms with Crippen LogP contribution in [0.1, 0.15) is 12.5 Å². The number of nitrogens with two attached hydrogens (primary N) is 1. The lowest BCUT2D eigenvalue weighted by molar-refractivity contribution is 0.0622. The van der Waals surface area contributed by atoms with Crippen LogP contribution in [-0.2, 0) is 5.54 Å². The number of ether oxygens (including phenoxy) is 1. The van der Waals surface area contributed by atoms with Crippen molar-refractivity contribution >= 4 is 0 Å². The summed E-state index contributed by atoms with van der Waals surface area (Å²) < 4.78 is 29.9. The number of hydrogen-bond acceptors (Lipinski definition) is 3. The van der Waals surface area contributed by atoms with Crippen molar-refractivity contribution < 1.29 is 13.5 Å². The van der Waals surface area contributed by atoms with Crippen molar-refractivity contribution in [3.63, 3.8) is 0 Å². The summed E-state index contributed by atoms with van der Waals surface area (Å²) in [5, 5.41) is 0. The molecule has 0 aromatic carbocycles. The Hall–Kier alpha value is -1.23. The van der Waals surface area contributed by atoms with Gasteiger partial charge in [-0.1, -0.05) is 0 Å². The average molecular weight is 202 g/mol. The van der Waals surface area contributed by atoms with Crippen LogP contribution in [0.2, 0.25) is 0 Å². The lowest BCUT2D eigenvalue weighted by Crippen LogP contribution is -2.40. The summed E-state index contributed by atoms with van der Waals surface area (Å²) in [7, 11) is 1.44. The molecule has 1 heterocycles. The van der Waals surface area contributed by atoms with Gasteiger partial charge in [-0.3, -0.25) is 4.98 Å². The summed E-state index contributed by atoms with van der Waals surface area (Å²) in [4.78, 5) is 3.77. The Balaban J connectivity index is 3.06. The predicted octanol–water partition coefficient (Wildman–Crippen LogP) is 1.53. The highest BCUT2D eigenvalue weighted by atomic mass is 19.3. The zero-order valence-electron chi connectivity index (χ0n) is 8.00. The summed E-state index contributed by atoms with van der Waals surface area (Å²) in [6.45, 7) is 1.26. The first-order chi connectivity index (χ1) is 6.48. The molecule has 0 aliphatic heterocycles. The number of methoxy groups -OCH3 is 1. The van der Waals surface area contributed by atoms with Crippen LogP contribution in [0.3, 0.4) is 0 Å². The minimum Gasteiger partial charge on any atom is -0.495 e. The van der Waals surface area contributed by atoms with Crippen LogP contribution >= 0.6 is 0 Å². The number of rotatable bonds is 3. The molecule has 1 aromatic heterocycles. The maximum Gasteiger partial charge on any atom is 0.260 e. The molecule has 0 radical (unpaired) electrons. The molecule has 0 fully saturated rings. The van der Waals surface area contributed by atoms with Crippen LogP contribution < -0.4 is 10.5 Å². The van der Waals surface area contributed by atoms with Gasteiger partial charge in [-0.15, -0.1) is 0 Å². The second-order valence-electron chi connectivity index (χ2n) is 3.20. The van der Waals surface area contributed by atoms with Gasteiger partial charge in [0.15, 0.2) is 0 Å². The van der Waals surface area contributed by atoms with E-state index in [2.05, 4.69) is 4.98 Å². The van der Waals surface area contributed by atoms with Crippen LogP contribution in [0.5, 0.6) is 5.75 Å². The van der Waals surface area contributed by atoms with E-state index >= 15 is 0 Å². The van der Waals surface area contributed by atoms with Gasteiger partial charge in [0.1, 0.15) is 11.3 Å². The van der Waals surface area contributed by atoms with E-state index in [9.17, 15) is 8.78 Å². The minimum absolute atomic E-state index is 0.256. The zero-order chi connectivity index (χ0) is 10.8. The molecule has 0 aliphatic carbocycles. The molecule has 0 bridgehead atoms. The van der Waals surface area contributed by atoms with Crippen molar-refractivity contribution in [2.75, 3.05) is 7.11 Å². The fraction of sp³-hybridized carbons (Fsp3) is 0.444. The normalized spacial score (nSPS) is 15.3. The van der Waals surface area contributed by atoms with E-state index in [0.717, 1.165) is 0 Å². The van der Waals surface area contributed by atoms with Gasteiger partial charge in [0.25, 0.3) is 6.43 Å². The van der Waals surface area contributed by atoms with E-state index in [-0.39, 0.29) is 5.56 Å². The van der Waals surface area contributed by atoms with Crippen LogP contribution in [0.15, 0.2) is 18.5 Å². The molecule has 0 saturated carbocycles. The lowest BCUT2D eigenvalue weighted by Gasteiger charge is -2.23. The molecular formula is C9H12F2N2O. The van der Waals surface area contributed by atoms with Gasteiger partial charge in [0, 0.05) is 6.20 Å². The quantitative estimate of drug-likeness (QED) is 0.808. The second-order valence-corrected chi connectivity index (χ2v) is 3.20. The summed E-state index contributed by atoms with van der Waals surface area (Å²) in [5.41, 5.74) is 4.02. The highest BCUT2D eigenvalue weighted by molar-refractivity contribution is 5.29. The molecule has 0 spiro atoms. The third-order valence-corrected chi connectivity index (χ3v) is 2.02. The third kappa shape index (κ3) is 1.98. The molecule has 0 amide bonds. The van der Waals surface area contributed by atoms with E-state index in [0.29, 0.717) is 5.75 Å². The van der Waals surface area contributed by atoms with Crippen molar-refractivity contribution in [3.05, 3.63) is 24.0 Å². The molecule has 1 aromatic rings. The first-order valence-corrected chi connectivity index (χ1v) is 4.05. The van der Waals surface area contributed by atoms with E-state index in [1.807, 2.05) is 0 Å². The summed E-state index contributed by atoms with van der Waals surface area (Å²) in [6, 6.07) is 1.46. The van der Waals surface area contributed by atoms with Gasteiger partial charge in [-0.2, -0.15) is 0 Å². The maximum atomic E-state index is 12.5. The molecule has 5 heteroatoms. The number of aromatic nitrogens is 1. The SMILES string of the molecule is COc1cncc(C(C)(N)C(F)F)c1. The van der Waals surface area contributed by atoms with Gasteiger partial charge in [-0.05, 0) is 18.6 Å². The number of alkyl halides is 2. The van der Waals surface area contributed by atoms with Crippen LogP contribution in [0.25, 0.3) is 0 Å². The molecule has 0 aliphatic rings. The Morgan fingerprint density at radius 2 is 2.14 bits per heavy atom. The monoisotopic (exact) mass is 202 g/mol. The Bertz CT molecular complexity index is 315. The summed E-state index contributed by atoms with van der Waals surface area (Å²) in [6.07, 6.45) is 0.108. The van der Waals surface area contributed by atoms with Gasteiger partial charge < -0.3 is 10.5 Å². The average Bonchev–Trinajstić information content (AvgIpc) is 2.17. The Labute approximate surface area is 80.9 Å². The number of nitrogens with zero attached hydrogens (tertiary/aromatic N) is 1. The van der Waals surface area contributed by atoms with Crippen LogP contribution in [-0.4, -0.2) is 18.5 Å². The first-order valence-electron chi connectivity index (χ1n) is 4.05. The second kappa shape index (κ2) is 3.88. The topological polar surface area (TPSA) is 48.1 Å². The van der Waals surface area contributed by atoms with Crippen LogP contribution in [0, 0.1) is 0 Å². The molecule has 1 rings (SSSR count). The van der Waals surface area contributed by atoms with E-state index < -0.39 is 12.0 Å². The minimum atomic E-state index is -2.64. The van der Waals surface area contributed by atoms with Crippen molar-refractivity contribution in [2.24, 2.45) is 5.73 Å². The molecular weight excluding hydrogens is 190 g/mol. The molecule has 1 atom stereocenters. The predicted molar refractivity (Wildman–Crippen MR) is 48.3 cm³/mol. The number of pyridine rings is 1. The molecule has 1 unspecified atom stereocenters. The lowest BCUT2D eigenvalue weighted by atomic mass is 9.95. The fourth-order valence-corrected chi connectivity index (χ4v) is 0.951. The van der Waals surface area contributed by atoms with E-state index in [1.165, 1.54) is 32.5 Å². The third-order valence-electron chi connectivity index (χ3n) is 2.02. The fourth-order valence-electron chi connectivity index (χ4n) is 0.951. The van der Waals surface area contributed by atoms with E-state index in [4.69, 9.17) is 10.5 Å². The van der Waals surface area contributed by atoms with Crippen LogP contribution in [0.4, 0.5) is 8.78 Å². The molecule has 78 valence electrons. The molecule has 0 saturated heterocycles. The number of hydrogen-bond donors (Lipinski definition) is 1. The maximum absolute atomic E-state index is 12.5. The van der Waals surface area contributed by atoms with E-state index in [1.54, 1.807) is 0 Å². The Morgan fingerprint density at radius 3 is 2.64 bits per heavy atom. The van der Waals surface area contributed by atoms with Crippen molar-refractivity contribution in [3.8, 4) is 5.75 Å². The van der Waals surface area contributed by atoms with Gasteiger partial charge >= 0.3 is 0 Å². The summed E-state index contributed by atoms with van der Waals surface area (Å²) >= 11 is 0. The number of halogens is 2. The molecule has 14 heavy (non-hydrogen) atoms. The summed E-state index contributed by atoms with van der Waals surface area (Å²) in [5.74, 6) is 0.417. The van der Waals surface area contributed by atoms with Gasteiger partial charge in [0.2, 0.25) is 0 Å². The Morgan fingerprint density at radius 1 is 1.50 bits per heavy atom. The van der Waals surface area contributed by atoms with Gasteiger partial charge in [0.05, 0.1) is 13.3 Å².